The first-order valence-corrected chi connectivity index (χ1v) is 6.40. The highest BCUT2D eigenvalue weighted by Gasteiger charge is 2.47. The predicted octanol–water partition coefficient (Wildman–Crippen LogP) is -0.310. The summed E-state index contributed by atoms with van der Waals surface area (Å²) < 4.78 is 5.33. The smallest absolute Gasteiger partial charge is 0.239 e. The molecule has 1 aliphatic carbocycles. The molecule has 17 heavy (non-hydrogen) atoms. The van der Waals surface area contributed by atoms with Crippen LogP contribution in [0.1, 0.15) is 25.7 Å². The zero-order valence-electron chi connectivity index (χ0n) is 10.5. The Hall–Kier alpha value is -0.650. The van der Waals surface area contributed by atoms with E-state index >= 15 is 0 Å². The molecule has 98 valence electrons. The molecule has 0 spiro atoms. The Balaban J connectivity index is 1.89. The van der Waals surface area contributed by atoms with Gasteiger partial charge in [-0.2, -0.15) is 0 Å². The van der Waals surface area contributed by atoms with Crippen LogP contribution in [0.2, 0.25) is 0 Å². The van der Waals surface area contributed by atoms with Crippen molar-refractivity contribution in [3.05, 3.63) is 0 Å². The van der Waals surface area contributed by atoms with Gasteiger partial charge >= 0.3 is 0 Å². The number of methoxy groups -OCH3 is 1. The molecule has 1 saturated carbocycles. The van der Waals surface area contributed by atoms with E-state index in [-0.39, 0.29) is 5.91 Å². The average molecular weight is 241 g/mol. The largest absolute Gasteiger partial charge is 0.381 e. The minimum atomic E-state index is -0.820. The Morgan fingerprint density at radius 2 is 1.94 bits per heavy atom. The lowest BCUT2D eigenvalue weighted by atomic mass is 9.92. The van der Waals surface area contributed by atoms with Gasteiger partial charge in [-0.3, -0.25) is 4.79 Å². The maximum atomic E-state index is 11.5. The van der Waals surface area contributed by atoms with E-state index in [0.717, 1.165) is 38.8 Å². The summed E-state index contributed by atoms with van der Waals surface area (Å²) in [5.74, 6) is -0.0611. The molecule has 1 atom stereocenters. The lowest BCUT2D eigenvalue weighted by Crippen LogP contribution is -2.61. The van der Waals surface area contributed by atoms with Crippen molar-refractivity contribution in [1.82, 2.24) is 4.90 Å². The maximum absolute atomic E-state index is 11.5. The highest BCUT2D eigenvalue weighted by molar-refractivity contribution is 5.85. The molecule has 5 heteroatoms. The van der Waals surface area contributed by atoms with Crippen LogP contribution in [0.3, 0.4) is 0 Å². The Bertz CT molecular complexity index is 285. The lowest BCUT2D eigenvalue weighted by molar-refractivity contribution is -0.125. The fourth-order valence-electron chi connectivity index (χ4n) is 2.68. The zero-order valence-corrected chi connectivity index (χ0v) is 10.5. The first kappa shape index (κ1) is 12.8. The number of carbonyl (C=O) groups excluding carboxylic acids is 1. The summed E-state index contributed by atoms with van der Waals surface area (Å²) in [6.45, 7) is 2.48. The van der Waals surface area contributed by atoms with Crippen molar-refractivity contribution in [3.63, 3.8) is 0 Å². The molecule has 0 aromatic heterocycles. The van der Waals surface area contributed by atoms with Crippen LogP contribution in [0.15, 0.2) is 0 Å². The SMILES string of the molecule is COC1CCN(CC(N)(C(N)=O)C2CC2)CC1. The molecular weight excluding hydrogens is 218 g/mol. The third-order valence-electron chi connectivity index (χ3n) is 4.12. The van der Waals surface area contributed by atoms with E-state index in [1.165, 1.54) is 0 Å². The van der Waals surface area contributed by atoms with Crippen molar-refractivity contribution in [2.45, 2.75) is 37.3 Å². The van der Waals surface area contributed by atoms with Crippen molar-refractivity contribution in [1.29, 1.82) is 0 Å². The van der Waals surface area contributed by atoms with E-state index in [9.17, 15) is 4.79 Å². The third kappa shape index (κ3) is 2.78. The van der Waals surface area contributed by atoms with E-state index < -0.39 is 5.54 Å². The predicted molar refractivity (Wildman–Crippen MR) is 65.3 cm³/mol. The van der Waals surface area contributed by atoms with Crippen molar-refractivity contribution >= 4 is 5.91 Å². The number of primary amides is 1. The standard InChI is InChI=1S/C12H23N3O2/c1-17-10-4-6-15(7-5-10)8-12(14,11(13)16)9-2-3-9/h9-10H,2-8,14H2,1H3,(H2,13,16). The van der Waals surface area contributed by atoms with Gasteiger partial charge in [0, 0.05) is 26.7 Å². The second kappa shape index (κ2) is 4.92. The first-order valence-electron chi connectivity index (χ1n) is 6.40. The summed E-state index contributed by atoms with van der Waals surface area (Å²) in [6, 6.07) is 0. The van der Waals surface area contributed by atoms with E-state index in [2.05, 4.69) is 4.90 Å². The Kier molecular flexibility index (Phi) is 3.70. The van der Waals surface area contributed by atoms with Crippen LogP contribution in [0.5, 0.6) is 0 Å². The van der Waals surface area contributed by atoms with E-state index in [1.54, 1.807) is 7.11 Å². The summed E-state index contributed by atoms with van der Waals surface area (Å²) in [6.07, 6.45) is 4.45. The van der Waals surface area contributed by atoms with Crippen LogP contribution in [-0.4, -0.2) is 49.2 Å². The molecule has 0 aromatic rings. The number of hydrogen-bond acceptors (Lipinski definition) is 4. The zero-order chi connectivity index (χ0) is 12.5. The third-order valence-corrected chi connectivity index (χ3v) is 4.12. The summed E-state index contributed by atoms with van der Waals surface area (Å²) in [4.78, 5) is 13.8. The van der Waals surface area contributed by atoms with E-state index in [1.807, 2.05) is 0 Å². The molecule has 0 aromatic carbocycles. The quantitative estimate of drug-likeness (QED) is 0.692. The molecule has 1 heterocycles. The minimum absolute atomic E-state index is 0.292. The Labute approximate surface area is 102 Å². The van der Waals surface area contributed by atoms with Crippen molar-refractivity contribution in [2.24, 2.45) is 17.4 Å². The summed E-state index contributed by atoms with van der Waals surface area (Å²) in [5.41, 5.74) is 10.8. The minimum Gasteiger partial charge on any atom is -0.381 e. The number of hydrogen-bond donors (Lipinski definition) is 2. The summed E-state index contributed by atoms with van der Waals surface area (Å²) in [5, 5.41) is 0. The molecule has 2 aliphatic rings. The van der Waals surface area contributed by atoms with Crippen LogP contribution >= 0.6 is 0 Å². The van der Waals surface area contributed by atoms with E-state index in [4.69, 9.17) is 16.2 Å². The van der Waals surface area contributed by atoms with Crippen LogP contribution in [0, 0.1) is 5.92 Å². The molecule has 0 radical (unpaired) electrons. The van der Waals surface area contributed by atoms with Gasteiger partial charge in [0.1, 0.15) is 5.54 Å². The fraction of sp³-hybridized carbons (Fsp3) is 0.917. The molecule has 1 unspecified atom stereocenters. The lowest BCUT2D eigenvalue weighted by Gasteiger charge is -2.37. The fourth-order valence-corrected chi connectivity index (χ4v) is 2.68. The van der Waals surface area contributed by atoms with Crippen LogP contribution in [-0.2, 0) is 9.53 Å². The number of nitrogens with zero attached hydrogens (tertiary/aromatic N) is 1. The van der Waals surface area contributed by atoms with Gasteiger partial charge < -0.3 is 21.1 Å². The first-order chi connectivity index (χ1) is 8.06. The number of carbonyl (C=O) groups is 1. The van der Waals surface area contributed by atoms with Crippen LogP contribution in [0.25, 0.3) is 0 Å². The van der Waals surface area contributed by atoms with Crippen LogP contribution < -0.4 is 11.5 Å². The Morgan fingerprint density at radius 3 is 2.35 bits per heavy atom. The van der Waals surface area contributed by atoms with Gasteiger partial charge in [0.05, 0.1) is 6.10 Å². The van der Waals surface area contributed by atoms with Crippen molar-refractivity contribution in [3.8, 4) is 0 Å². The normalized spacial score (nSPS) is 26.7. The summed E-state index contributed by atoms with van der Waals surface area (Å²) in [7, 11) is 1.75. The van der Waals surface area contributed by atoms with Gasteiger partial charge in [0.15, 0.2) is 0 Å². The van der Waals surface area contributed by atoms with Gasteiger partial charge in [-0.15, -0.1) is 0 Å². The topological polar surface area (TPSA) is 81.6 Å². The van der Waals surface area contributed by atoms with Crippen molar-refractivity contribution < 1.29 is 9.53 Å². The van der Waals surface area contributed by atoms with Gasteiger partial charge in [-0.05, 0) is 31.6 Å². The second-order valence-corrected chi connectivity index (χ2v) is 5.39. The number of nitrogens with two attached hydrogens (primary N) is 2. The average Bonchev–Trinajstić information content (AvgIpc) is 3.13. The van der Waals surface area contributed by atoms with Crippen LogP contribution in [0.4, 0.5) is 0 Å². The molecule has 0 bridgehead atoms. The number of likely N-dealkylation sites (tertiary alicyclic amines) is 1. The highest BCUT2D eigenvalue weighted by atomic mass is 16.5. The van der Waals surface area contributed by atoms with Gasteiger partial charge in [0.25, 0.3) is 0 Å². The number of ether oxygens (including phenoxy) is 1. The maximum Gasteiger partial charge on any atom is 0.239 e. The van der Waals surface area contributed by atoms with Gasteiger partial charge in [0.2, 0.25) is 5.91 Å². The van der Waals surface area contributed by atoms with E-state index in [0.29, 0.717) is 18.6 Å². The molecule has 4 N–H and O–H groups in total. The molecular formula is C12H23N3O2. The summed E-state index contributed by atoms with van der Waals surface area (Å²) >= 11 is 0. The molecule has 2 fully saturated rings. The molecule has 1 aliphatic heterocycles. The highest BCUT2D eigenvalue weighted by Crippen LogP contribution is 2.38. The second-order valence-electron chi connectivity index (χ2n) is 5.39. The molecule has 5 nitrogen and oxygen atoms in total. The van der Waals surface area contributed by atoms with Crippen molar-refractivity contribution in [2.75, 3.05) is 26.7 Å². The van der Waals surface area contributed by atoms with Gasteiger partial charge in [-0.1, -0.05) is 0 Å². The number of piperidine rings is 1. The molecule has 2 rings (SSSR count). The molecule has 1 amide bonds. The monoisotopic (exact) mass is 241 g/mol. The number of amides is 1. The van der Waals surface area contributed by atoms with Gasteiger partial charge in [-0.25, -0.2) is 0 Å². The Morgan fingerprint density at radius 1 is 1.35 bits per heavy atom. The number of rotatable bonds is 5. The molecule has 1 saturated heterocycles.